The van der Waals surface area contributed by atoms with E-state index in [0.29, 0.717) is 6.54 Å². The van der Waals surface area contributed by atoms with Crippen LogP contribution in [0, 0.1) is 12.8 Å². The van der Waals surface area contributed by atoms with Gasteiger partial charge in [-0.05, 0) is 19.9 Å². The molecule has 90 valence electrons. The molecule has 0 spiro atoms. The predicted octanol–water partition coefficient (Wildman–Crippen LogP) is 1.53. The maximum absolute atomic E-state index is 11.9. The molecule has 4 nitrogen and oxygen atoms in total. The van der Waals surface area contributed by atoms with Crippen molar-refractivity contribution in [1.82, 2.24) is 4.90 Å². The molecule has 1 amide bonds. The first kappa shape index (κ1) is 12.8. The zero-order valence-electron chi connectivity index (χ0n) is 10.4. The standard InChI is InChI=1S/C12H20N2O2/c1-8(9(2)13)12(15)14(4)7-11-5-6-16-10(11)3/h5-6,8-9H,7,13H2,1-4H3. The van der Waals surface area contributed by atoms with Crippen molar-refractivity contribution in [1.29, 1.82) is 0 Å². The Bertz CT molecular complexity index is 358. The summed E-state index contributed by atoms with van der Waals surface area (Å²) in [6.07, 6.45) is 1.64. The minimum atomic E-state index is -0.155. The number of carbonyl (C=O) groups is 1. The largest absolute Gasteiger partial charge is 0.469 e. The minimum Gasteiger partial charge on any atom is -0.469 e. The minimum absolute atomic E-state index is 0.0654. The molecule has 0 fully saturated rings. The van der Waals surface area contributed by atoms with Crippen LogP contribution in [0.1, 0.15) is 25.2 Å². The summed E-state index contributed by atoms with van der Waals surface area (Å²) in [6, 6.07) is 1.76. The number of furan rings is 1. The first-order chi connectivity index (χ1) is 7.43. The number of nitrogens with two attached hydrogens (primary N) is 1. The number of hydrogen-bond donors (Lipinski definition) is 1. The van der Waals surface area contributed by atoms with E-state index in [1.807, 2.05) is 26.8 Å². The van der Waals surface area contributed by atoms with Crippen LogP contribution in [-0.4, -0.2) is 23.9 Å². The normalized spacial score (nSPS) is 14.6. The predicted molar refractivity (Wildman–Crippen MR) is 62.7 cm³/mol. The van der Waals surface area contributed by atoms with Crippen molar-refractivity contribution in [2.45, 2.75) is 33.4 Å². The van der Waals surface area contributed by atoms with Gasteiger partial charge >= 0.3 is 0 Å². The van der Waals surface area contributed by atoms with Crippen LogP contribution in [0.5, 0.6) is 0 Å². The van der Waals surface area contributed by atoms with Crippen molar-refractivity contribution in [3.05, 3.63) is 23.7 Å². The molecule has 1 aromatic rings. The average molecular weight is 224 g/mol. The summed E-state index contributed by atoms with van der Waals surface area (Å²) in [6.45, 7) is 6.16. The lowest BCUT2D eigenvalue weighted by atomic mass is 10.0. The number of hydrogen-bond acceptors (Lipinski definition) is 3. The van der Waals surface area contributed by atoms with Crippen molar-refractivity contribution in [3.63, 3.8) is 0 Å². The summed E-state index contributed by atoms with van der Waals surface area (Å²) in [4.78, 5) is 13.6. The molecule has 0 aliphatic rings. The van der Waals surface area contributed by atoms with Gasteiger partial charge in [0.25, 0.3) is 0 Å². The van der Waals surface area contributed by atoms with Gasteiger partial charge in [-0.15, -0.1) is 0 Å². The van der Waals surface area contributed by atoms with Crippen molar-refractivity contribution < 1.29 is 9.21 Å². The fourth-order valence-corrected chi connectivity index (χ4v) is 1.48. The first-order valence-corrected chi connectivity index (χ1v) is 5.47. The third-order valence-corrected chi connectivity index (χ3v) is 2.93. The molecule has 0 radical (unpaired) electrons. The summed E-state index contributed by atoms with van der Waals surface area (Å²) in [5, 5.41) is 0. The van der Waals surface area contributed by atoms with Crippen LogP contribution in [0.25, 0.3) is 0 Å². The molecule has 0 saturated heterocycles. The molecule has 4 heteroatoms. The SMILES string of the molecule is Cc1occc1CN(C)C(=O)C(C)C(C)N. The van der Waals surface area contributed by atoms with E-state index in [9.17, 15) is 4.79 Å². The van der Waals surface area contributed by atoms with Gasteiger partial charge < -0.3 is 15.1 Å². The molecule has 1 aromatic heterocycles. The molecule has 1 heterocycles. The Morgan fingerprint density at radius 2 is 2.19 bits per heavy atom. The maximum atomic E-state index is 11.9. The van der Waals surface area contributed by atoms with Gasteiger partial charge in [0.1, 0.15) is 5.76 Å². The lowest BCUT2D eigenvalue weighted by molar-refractivity contribution is -0.134. The lowest BCUT2D eigenvalue weighted by Gasteiger charge is -2.23. The lowest BCUT2D eigenvalue weighted by Crippen LogP contribution is -2.39. The van der Waals surface area contributed by atoms with Gasteiger partial charge in [0.05, 0.1) is 12.2 Å². The van der Waals surface area contributed by atoms with Crippen LogP contribution in [0.15, 0.2) is 16.7 Å². The molecule has 0 aliphatic heterocycles. The summed E-state index contributed by atoms with van der Waals surface area (Å²) in [5.74, 6) is 0.765. The number of nitrogens with zero attached hydrogens (tertiary/aromatic N) is 1. The smallest absolute Gasteiger partial charge is 0.226 e. The number of carbonyl (C=O) groups excluding carboxylic acids is 1. The van der Waals surface area contributed by atoms with Crippen molar-refractivity contribution in [2.75, 3.05) is 7.05 Å². The third kappa shape index (κ3) is 2.85. The number of rotatable bonds is 4. The van der Waals surface area contributed by atoms with Gasteiger partial charge in [-0.25, -0.2) is 0 Å². The quantitative estimate of drug-likeness (QED) is 0.843. The van der Waals surface area contributed by atoms with E-state index in [-0.39, 0.29) is 17.9 Å². The molecule has 2 unspecified atom stereocenters. The second-order valence-corrected chi connectivity index (χ2v) is 4.34. The van der Waals surface area contributed by atoms with Crippen molar-refractivity contribution in [3.8, 4) is 0 Å². The van der Waals surface area contributed by atoms with E-state index in [0.717, 1.165) is 11.3 Å². The van der Waals surface area contributed by atoms with E-state index in [2.05, 4.69) is 0 Å². The van der Waals surface area contributed by atoms with Gasteiger partial charge in [0.15, 0.2) is 0 Å². The molecular weight excluding hydrogens is 204 g/mol. The van der Waals surface area contributed by atoms with Crippen molar-refractivity contribution >= 4 is 5.91 Å². The molecule has 16 heavy (non-hydrogen) atoms. The Morgan fingerprint density at radius 3 is 2.62 bits per heavy atom. The van der Waals surface area contributed by atoms with Crippen LogP contribution in [-0.2, 0) is 11.3 Å². The van der Waals surface area contributed by atoms with Gasteiger partial charge in [0.2, 0.25) is 5.91 Å². The highest BCUT2D eigenvalue weighted by molar-refractivity contribution is 5.78. The Morgan fingerprint density at radius 1 is 1.56 bits per heavy atom. The second-order valence-electron chi connectivity index (χ2n) is 4.34. The van der Waals surface area contributed by atoms with Gasteiger partial charge in [-0.2, -0.15) is 0 Å². The van der Waals surface area contributed by atoms with Gasteiger partial charge in [0, 0.05) is 25.2 Å². The molecule has 2 atom stereocenters. The molecule has 0 bridgehead atoms. The number of aryl methyl sites for hydroxylation is 1. The van der Waals surface area contributed by atoms with Crippen LogP contribution in [0.3, 0.4) is 0 Å². The monoisotopic (exact) mass is 224 g/mol. The zero-order valence-corrected chi connectivity index (χ0v) is 10.4. The topological polar surface area (TPSA) is 59.5 Å². The second kappa shape index (κ2) is 5.16. The Labute approximate surface area is 96.4 Å². The summed E-state index contributed by atoms with van der Waals surface area (Å²) in [5.41, 5.74) is 6.75. The van der Waals surface area contributed by atoms with Crippen LogP contribution in [0.2, 0.25) is 0 Å². The highest BCUT2D eigenvalue weighted by atomic mass is 16.3. The fourth-order valence-electron chi connectivity index (χ4n) is 1.48. The average Bonchev–Trinajstić information content (AvgIpc) is 2.62. The molecular formula is C12H20N2O2. The number of amides is 1. The molecule has 2 N–H and O–H groups in total. The van der Waals surface area contributed by atoms with Gasteiger partial charge in [-0.1, -0.05) is 6.92 Å². The highest BCUT2D eigenvalue weighted by Crippen LogP contribution is 2.13. The van der Waals surface area contributed by atoms with Gasteiger partial charge in [-0.3, -0.25) is 4.79 Å². The summed E-state index contributed by atoms with van der Waals surface area (Å²) < 4.78 is 5.19. The third-order valence-electron chi connectivity index (χ3n) is 2.93. The highest BCUT2D eigenvalue weighted by Gasteiger charge is 2.21. The Hall–Kier alpha value is -1.29. The van der Waals surface area contributed by atoms with E-state index >= 15 is 0 Å². The van der Waals surface area contributed by atoms with E-state index in [1.165, 1.54) is 0 Å². The van der Waals surface area contributed by atoms with Crippen molar-refractivity contribution in [2.24, 2.45) is 11.7 Å². The van der Waals surface area contributed by atoms with Crippen LogP contribution >= 0.6 is 0 Å². The van der Waals surface area contributed by atoms with Crippen LogP contribution in [0.4, 0.5) is 0 Å². The maximum Gasteiger partial charge on any atom is 0.226 e. The molecule has 0 saturated carbocycles. The summed E-state index contributed by atoms with van der Waals surface area (Å²) >= 11 is 0. The fraction of sp³-hybridized carbons (Fsp3) is 0.583. The Kier molecular flexibility index (Phi) is 4.12. The molecule has 1 rings (SSSR count). The first-order valence-electron chi connectivity index (χ1n) is 5.47. The molecule has 0 aliphatic carbocycles. The Balaban J connectivity index is 2.62. The summed E-state index contributed by atoms with van der Waals surface area (Å²) in [7, 11) is 1.79. The van der Waals surface area contributed by atoms with Crippen LogP contribution < -0.4 is 5.73 Å². The van der Waals surface area contributed by atoms with E-state index < -0.39 is 0 Å². The van der Waals surface area contributed by atoms with E-state index in [4.69, 9.17) is 10.2 Å². The molecule has 0 aromatic carbocycles. The zero-order chi connectivity index (χ0) is 12.3. The van der Waals surface area contributed by atoms with E-state index in [1.54, 1.807) is 18.2 Å².